The van der Waals surface area contributed by atoms with E-state index in [-0.39, 0.29) is 11.3 Å². The zero-order valence-corrected chi connectivity index (χ0v) is 12.7. The van der Waals surface area contributed by atoms with E-state index in [0.717, 1.165) is 12.1 Å². The number of hydrogen-bond acceptors (Lipinski definition) is 2. The van der Waals surface area contributed by atoms with E-state index in [1.807, 2.05) is 0 Å². The Kier molecular flexibility index (Phi) is 4.99. The Morgan fingerprint density at radius 1 is 0.958 bits per heavy atom. The lowest BCUT2D eigenvalue weighted by Crippen LogP contribution is -2.19. The van der Waals surface area contributed by atoms with Gasteiger partial charge in [-0.1, -0.05) is 11.6 Å². The van der Waals surface area contributed by atoms with Gasteiger partial charge in [0.15, 0.2) is 0 Å². The fourth-order valence-corrected chi connectivity index (χ4v) is 2.10. The third-order valence-corrected chi connectivity index (χ3v) is 3.27. The van der Waals surface area contributed by atoms with Crippen LogP contribution in [0.15, 0.2) is 42.5 Å². The predicted octanol–water partition coefficient (Wildman–Crippen LogP) is 4.10. The van der Waals surface area contributed by atoms with Crippen LogP contribution in [0.1, 0.15) is 15.9 Å². The second kappa shape index (κ2) is 6.79. The molecule has 0 spiro atoms. The number of nitrogens with one attached hydrogen (secondary N) is 2. The van der Waals surface area contributed by atoms with Crippen molar-refractivity contribution in [2.24, 2.45) is 5.73 Å². The first kappa shape index (κ1) is 17.6. The number of benzene rings is 2. The van der Waals surface area contributed by atoms with Crippen molar-refractivity contribution in [2.75, 3.05) is 10.6 Å². The van der Waals surface area contributed by atoms with Crippen molar-refractivity contribution in [1.29, 1.82) is 0 Å². The first-order valence-electron chi connectivity index (χ1n) is 6.51. The van der Waals surface area contributed by atoms with Gasteiger partial charge in [0.1, 0.15) is 0 Å². The largest absolute Gasteiger partial charge is 0.417 e. The molecule has 0 aliphatic rings. The average molecular weight is 358 g/mol. The van der Waals surface area contributed by atoms with Crippen LogP contribution in [-0.4, -0.2) is 11.9 Å². The molecular weight excluding hydrogens is 347 g/mol. The normalized spacial score (nSPS) is 11.0. The average Bonchev–Trinajstić information content (AvgIpc) is 2.48. The molecule has 0 fully saturated rings. The summed E-state index contributed by atoms with van der Waals surface area (Å²) in [7, 11) is 0. The van der Waals surface area contributed by atoms with E-state index < -0.39 is 28.7 Å². The van der Waals surface area contributed by atoms with Crippen molar-refractivity contribution >= 4 is 34.9 Å². The smallest absolute Gasteiger partial charge is 0.351 e. The molecule has 0 saturated heterocycles. The summed E-state index contributed by atoms with van der Waals surface area (Å²) in [6.45, 7) is 0. The molecule has 126 valence electrons. The molecule has 2 aromatic carbocycles. The Hall–Kier alpha value is -2.74. The highest BCUT2D eigenvalue weighted by Gasteiger charge is 2.33. The molecule has 0 bridgehead atoms. The van der Waals surface area contributed by atoms with Gasteiger partial charge < -0.3 is 16.4 Å². The van der Waals surface area contributed by atoms with Crippen LogP contribution >= 0.6 is 11.6 Å². The molecule has 0 saturated carbocycles. The highest BCUT2D eigenvalue weighted by molar-refractivity contribution is 6.31. The molecule has 0 atom stereocenters. The van der Waals surface area contributed by atoms with E-state index in [0.29, 0.717) is 5.69 Å². The zero-order chi connectivity index (χ0) is 17.9. The first-order chi connectivity index (χ1) is 11.2. The van der Waals surface area contributed by atoms with Crippen LogP contribution in [0.4, 0.5) is 29.3 Å². The Morgan fingerprint density at radius 2 is 1.54 bits per heavy atom. The lowest BCUT2D eigenvalue weighted by Gasteiger charge is -2.12. The van der Waals surface area contributed by atoms with Gasteiger partial charge in [0.25, 0.3) is 5.91 Å². The zero-order valence-electron chi connectivity index (χ0n) is 11.9. The maximum atomic E-state index is 12.8. The number of amides is 3. The molecule has 0 aliphatic carbocycles. The summed E-state index contributed by atoms with van der Waals surface area (Å²) < 4.78 is 38.4. The number of carbonyl (C=O) groups excluding carboxylic acids is 2. The number of alkyl halides is 3. The van der Waals surface area contributed by atoms with Gasteiger partial charge in [-0.3, -0.25) is 4.79 Å². The number of rotatable bonds is 3. The first-order valence-corrected chi connectivity index (χ1v) is 6.89. The number of nitrogens with two attached hydrogens (primary N) is 1. The Balaban J connectivity index is 2.16. The van der Waals surface area contributed by atoms with Crippen LogP contribution in [0.3, 0.4) is 0 Å². The molecule has 4 N–H and O–H groups in total. The summed E-state index contributed by atoms with van der Waals surface area (Å²) in [5.41, 5.74) is 4.44. The second-order valence-electron chi connectivity index (χ2n) is 4.71. The van der Waals surface area contributed by atoms with Gasteiger partial charge >= 0.3 is 12.2 Å². The maximum Gasteiger partial charge on any atom is 0.417 e. The van der Waals surface area contributed by atoms with Crippen molar-refractivity contribution in [3.05, 3.63) is 58.6 Å². The molecule has 2 aromatic rings. The molecule has 0 heterocycles. The van der Waals surface area contributed by atoms with Crippen LogP contribution in [0.2, 0.25) is 5.02 Å². The number of urea groups is 1. The van der Waals surface area contributed by atoms with Crippen molar-refractivity contribution in [3.63, 3.8) is 0 Å². The van der Waals surface area contributed by atoms with Crippen LogP contribution in [0.5, 0.6) is 0 Å². The minimum absolute atomic E-state index is 0.0453. The number of halogens is 4. The van der Waals surface area contributed by atoms with E-state index >= 15 is 0 Å². The van der Waals surface area contributed by atoms with Gasteiger partial charge in [-0.25, -0.2) is 4.79 Å². The van der Waals surface area contributed by atoms with Gasteiger partial charge in [0, 0.05) is 16.9 Å². The van der Waals surface area contributed by atoms with Crippen molar-refractivity contribution in [3.8, 4) is 0 Å². The molecule has 0 radical (unpaired) electrons. The third-order valence-electron chi connectivity index (χ3n) is 2.94. The summed E-state index contributed by atoms with van der Waals surface area (Å²) in [5.74, 6) is -0.615. The molecule has 0 aliphatic heterocycles. The number of carbonyl (C=O) groups is 2. The van der Waals surface area contributed by atoms with E-state index in [1.54, 1.807) is 0 Å². The molecule has 24 heavy (non-hydrogen) atoms. The van der Waals surface area contributed by atoms with Crippen LogP contribution in [0, 0.1) is 0 Å². The second-order valence-corrected chi connectivity index (χ2v) is 5.12. The SMILES string of the molecule is NC(=O)Nc1ccc(C(=O)Nc2ccc(Cl)c(C(F)(F)F)c2)cc1. The fraction of sp³-hybridized carbons (Fsp3) is 0.0667. The van der Waals surface area contributed by atoms with Crippen LogP contribution in [-0.2, 0) is 6.18 Å². The van der Waals surface area contributed by atoms with E-state index in [9.17, 15) is 22.8 Å². The van der Waals surface area contributed by atoms with Crippen LogP contribution in [0.25, 0.3) is 0 Å². The summed E-state index contributed by atoms with van der Waals surface area (Å²) in [4.78, 5) is 22.8. The highest BCUT2D eigenvalue weighted by atomic mass is 35.5. The summed E-state index contributed by atoms with van der Waals surface area (Å²) in [6, 6.07) is 7.96. The highest BCUT2D eigenvalue weighted by Crippen LogP contribution is 2.36. The summed E-state index contributed by atoms with van der Waals surface area (Å²) in [6.07, 6.45) is -4.63. The monoisotopic (exact) mass is 357 g/mol. The lowest BCUT2D eigenvalue weighted by atomic mass is 10.1. The van der Waals surface area contributed by atoms with Gasteiger partial charge in [-0.2, -0.15) is 13.2 Å². The standard InChI is InChI=1S/C15H11ClF3N3O2/c16-12-6-5-10(7-11(12)15(17,18)19)21-13(23)8-1-3-9(4-2-8)22-14(20)24/h1-7H,(H,21,23)(H3,20,22,24). The summed E-state index contributed by atoms with van der Waals surface area (Å²) >= 11 is 5.52. The molecule has 2 rings (SSSR count). The topological polar surface area (TPSA) is 84.2 Å². The van der Waals surface area contributed by atoms with E-state index in [1.165, 1.54) is 30.3 Å². The molecule has 3 amide bonds. The van der Waals surface area contributed by atoms with E-state index in [4.69, 9.17) is 17.3 Å². The Bertz CT molecular complexity index is 777. The lowest BCUT2D eigenvalue weighted by molar-refractivity contribution is -0.137. The molecule has 5 nitrogen and oxygen atoms in total. The quantitative estimate of drug-likeness (QED) is 0.772. The molecule has 0 unspecified atom stereocenters. The van der Waals surface area contributed by atoms with Crippen molar-refractivity contribution in [2.45, 2.75) is 6.18 Å². The number of primary amides is 1. The maximum absolute atomic E-state index is 12.8. The van der Waals surface area contributed by atoms with Gasteiger partial charge in [0.2, 0.25) is 0 Å². The third kappa shape index (κ3) is 4.39. The number of anilines is 2. The van der Waals surface area contributed by atoms with Crippen molar-refractivity contribution < 1.29 is 22.8 Å². The van der Waals surface area contributed by atoms with Gasteiger partial charge in [-0.05, 0) is 42.5 Å². The molecule has 0 aromatic heterocycles. The molecule has 9 heteroatoms. The summed E-state index contributed by atoms with van der Waals surface area (Å²) in [5, 5.41) is 4.21. The Labute approximate surface area is 139 Å². The van der Waals surface area contributed by atoms with Crippen molar-refractivity contribution in [1.82, 2.24) is 0 Å². The van der Waals surface area contributed by atoms with E-state index in [2.05, 4.69) is 10.6 Å². The molecular formula is C15H11ClF3N3O2. The van der Waals surface area contributed by atoms with Crippen LogP contribution < -0.4 is 16.4 Å². The predicted molar refractivity (Wildman–Crippen MR) is 84.1 cm³/mol. The minimum Gasteiger partial charge on any atom is -0.351 e. The van der Waals surface area contributed by atoms with Gasteiger partial charge in [-0.15, -0.1) is 0 Å². The minimum atomic E-state index is -4.63. The van der Waals surface area contributed by atoms with Gasteiger partial charge in [0.05, 0.1) is 10.6 Å². The number of hydrogen-bond donors (Lipinski definition) is 3. The fourth-order valence-electron chi connectivity index (χ4n) is 1.87. The Morgan fingerprint density at radius 3 is 2.08 bits per heavy atom.